The molecule has 0 aliphatic heterocycles. The van der Waals surface area contributed by atoms with Gasteiger partial charge in [0.2, 0.25) is 11.8 Å². The number of thioether (sulfide) groups is 1. The Labute approximate surface area is 112 Å². The molecule has 0 aromatic heterocycles. The molecule has 2 N–H and O–H groups in total. The Kier molecular flexibility index (Phi) is 6.28. The second kappa shape index (κ2) is 7.76. The van der Waals surface area contributed by atoms with Crippen LogP contribution in [0, 0.1) is 0 Å². The average molecular weight is 266 g/mol. The Hall–Kier alpha value is -1.49. The summed E-state index contributed by atoms with van der Waals surface area (Å²) in [7, 11) is 0. The molecule has 98 valence electrons. The Balaban J connectivity index is 2.39. The first kappa shape index (κ1) is 14.6. The molecule has 0 spiro atoms. The Morgan fingerprint density at radius 3 is 2.44 bits per heavy atom. The van der Waals surface area contributed by atoms with Crippen molar-refractivity contribution < 1.29 is 9.59 Å². The van der Waals surface area contributed by atoms with Crippen molar-refractivity contribution in [3.05, 3.63) is 29.8 Å². The zero-order valence-corrected chi connectivity index (χ0v) is 11.5. The van der Waals surface area contributed by atoms with Gasteiger partial charge in [-0.05, 0) is 24.0 Å². The van der Waals surface area contributed by atoms with Crippen LogP contribution in [0.3, 0.4) is 0 Å². The van der Waals surface area contributed by atoms with Crippen molar-refractivity contribution in [1.82, 2.24) is 5.32 Å². The first-order valence-corrected chi connectivity index (χ1v) is 7.13. The summed E-state index contributed by atoms with van der Waals surface area (Å²) < 4.78 is 0. The SMILES string of the molecule is CSCCC(=O)NCc1ccc(NC(C)=O)cc1. The van der Waals surface area contributed by atoms with E-state index in [1.807, 2.05) is 30.5 Å². The highest BCUT2D eigenvalue weighted by atomic mass is 32.2. The fourth-order valence-corrected chi connectivity index (χ4v) is 1.78. The number of hydrogen-bond donors (Lipinski definition) is 2. The fourth-order valence-electron chi connectivity index (χ4n) is 1.39. The van der Waals surface area contributed by atoms with Crippen molar-refractivity contribution in [2.75, 3.05) is 17.3 Å². The van der Waals surface area contributed by atoms with Crippen LogP contribution in [-0.4, -0.2) is 23.8 Å². The molecule has 18 heavy (non-hydrogen) atoms. The molecule has 0 aliphatic carbocycles. The first-order chi connectivity index (χ1) is 8.61. The van der Waals surface area contributed by atoms with Gasteiger partial charge in [-0.2, -0.15) is 11.8 Å². The third-order valence-corrected chi connectivity index (χ3v) is 2.91. The van der Waals surface area contributed by atoms with Crippen LogP contribution < -0.4 is 10.6 Å². The molecule has 1 aromatic carbocycles. The lowest BCUT2D eigenvalue weighted by molar-refractivity contribution is -0.120. The molecule has 1 aromatic rings. The Bertz CT molecular complexity index is 404. The fraction of sp³-hybridized carbons (Fsp3) is 0.385. The second-order valence-corrected chi connectivity index (χ2v) is 4.88. The van der Waals surface area contributed by atoms with Crippen molar-refractivity contribution in [1.29, 1.82) is 0 Å². The van der Waals surface area contributed by atoms with Gasteiger partial charge in [0.15, 0.2) is 0 Å². The van der Waals surface area contributed by atoms with Crippen LogP contribution in [0.1, 0.15) is 18.9 Å². The van der Waals surface area contributed by atoms with E-state index in [1.54, 1.807) is 11.8 Å². The van der Waals surface area contributed by atoms with Gasteiger partial charge in [-0.25, -0.2) is 0 Å². The zero-order chi connectivity index (χ0) is 13.4. The molecule has 2 amide bonds. The molecule has 5 heteroatoms. The number of hydrogen-bond acceptors (Lipinski definition) is 3. The van der Waals surface area contributed by atoms with E-state index in [9.17, 15) is 9.59 Å². The lowest BCUT2D eigenvalue weighted by atomic mass is 10.2. The van der Waals surface area contributed by atoms with E-state index in [1.165, 1.54) is 6.92 Å². The highest BCUT2D eigenvalue weighted by Gasteiger charge is 2.01. The number of anilines is 1. The van der Waals surface area contributed by atoms with Crippen molar-refractivity contribution in [3.63, 3.8) is 0 Å². The van der Waals surface area contributed by atoms with Gasteiger partial charge < -0.3 is 10.6 Å². The summed E-state index contributed by atoms with van der Waals surface area (Å²) >= 11 is 1.66. The predicted molar refractivity (Wildman–Crippen MR) is 75.6 cm³/mol. The minimum Gasteiger partial charge on any atom is -0.352 e. The van der Waals surface area contributed by atoms with Crippen molar-refractivity contribution in [2.45, 2.75) is 19.9 Å². The van der Waals surface area contributed by atoms with E-state index >= 15 is 0 Å². The lowest BCUT2D eigenvalue weighted by Gasteiger charge is -2.06. The summed E-state index contributed by atoms with van der Waals surface area (Å²) in [6, 6.07) is 7.43. The van der Waals surface area contributed by atoms with Gasteiger partial charge in [0, 0.05) is 31.3 Å². The third kappa shape index (κ3) is 5.72. The molecule has 4 nitrogen and oxygen atoms in total. The van der Waals surface area contributed by atoms with E-state index in [4.69, 9.17) is 0 Å². The van der Waals surface area contributed by atoms with Gasteiger partial charge in [0.25, 0.3) is 0 Å². The van der Waals surface area contributed by atoms with Gasteiger partial charge in [-0.15, -0.1) is 0 Å². The predicted octanol–water partition coefficient (Wildman–Crippen LogP) is 2.01. The summed E-state index contributed by atoms with van der Waals surface area (Å²) in [4.78, 5) is 22.2. The van der Waals surface area contributed by atoms with Crippen molar-refractivity contribution >= 4 is 29.3 Å². The van der Waals surface area contributed by atoms with Gasteiger partial charge in [0.1, 0.15) is 0 Å². The summed E-state index contributed by atoms with van der Waals surface area (Å²) in [6.07, 6.45) is 2.53. The summed E-state index contributed by atoms with van der Waals surface area (Å²) in [5, 5.41) is 5.55. The van der Waals surface area contributed by atoms with Crippen LogP contribution in [0.25, 0.3) is 0 Å². The molecule has 0 fully saturated rings. The molecule has 0 radical (unpaired) electrons. The number of nitrogens with one attached hydrogen (secondary N) is 2. The maximum atomic E-state index is 11.4. The van der Waals surface area contributed by atoms with Gasteiger partial charge in [0.05, 0.1) is 0 Å². The largest absolute Gasteiger partial charge is 0.352 e. The Morgan fingerprint density at radius 2 is 1.89 bits per heavy atom. The number of carbonyl (C=O) groups excluding carboxylic acids is 2. The van der Waals surface area contributed by atoms with Gasteiger partial charge in [-0.3, -0.25) is 9.59 Å². The highest BCUT2D eigenvalue weighted by Crippen LogP contribution is 2.09. The topological polar surface area (TPSA) is 58.2 Å². The van der Waals surface area contributed by atoms with Crippen LogP contribution in [0.15, 0.2) is 24.3 Å². The molecule has 0 saturated heterocycles. The van der Waals surface area contributed by atoms with Crippen molar-refractivity contribution in [2.24, 2.45) is 0 Å². The van der Waals surface area contributed by atoms with Crippen LogP contribution in [0.2, 0.25) is 0 Å². The lowest BCUT2D eigenvalue weighted by Crippen LogP contribution is -2.22. The van der Waals surface area contributed by atoms with Crippen LogP contribution in [-0.2, 0) is 16.1 Å². The molecule has 0 unspecified atom stereocenters. The molecule has 0 aliphatic rings. The zero-order valence-electron chi connectivity index (χ0n) is 10.7. The molecular weight excluding hydrogens is 248 g/mol. The standard InChI is InChI=1S/C13H18N2O2S/c1-10(16)15-12-5-3-11(4-6-12)9-14-13(17)7-8-18-2/h3-6H,7-9H2,1-2H3,(H,14,17)(H,15,16). The number of carbonyl (C=O) groups is 2. The molecule has 0 saturated carbocycles. The second-order valence-electron chi connectivity index (χ2n) is 3.90. The van der Waals surface area contributed by atoms with E-state index in [0.29, 0.717) is 13.0 Å². The van der Waals surface area contributed by atoms with Crippen molar-refractivity contribution in [3.8, 4) is 0 Å². The number of benzene rings is 1. The van der Waals surface area contributed by atoms with Crippen LogP contribution in [0.5, 0.6) is 0 Å². The molecule has 0 atom stereocenters. The quantitative estimate of drug-likeness (QED) is 0.828. The number of amides is 2. The van der Waals surface area contributed by atoms with E-state index in [0.717, 1.165) is 17.0 Å². The Morgan fingerprint density at radius 1 is 1.22 bits per heavy atom. The third-order valence-electron chi connectivity index (χ3n) is 2.30. The maximum Gasteiger partial charge on any atom is 0.221 e. The molecule has 0 heterocycles. The smallest absolute Gasteiger partial charge is 0.221 e. The monoisotopic (exact) mass is 266 g/mol. The molecule has 1 rings (SSSR count). The van der Waals surface area contributed by atoms with E-state index < -0.39 is 0 Å². The van der Waals surface area contributed by atoms with E-state index in [-0.39, 0.29) is 11.8 Å². The van der Waals surface area contributed by atoms with Gasteiger partial charge >= 0.3 is 0 Å². The minimum atomic E-state index is -0.0897. The highest BCUT2D eigenvalue weighted by molar-refractivity contribution is 7.98. The van der Waals surface area contributed by atoms with Crippen LogP contribution >= 0.6 is 11.8 Å². The van der Waals surface area contributed by atoms with E-state index in [2.05, 4.69) is 10.6 Å². The first-order valence-electron chi connectivity index (χ1n) is 5.74. The number of rotatable bonds is 6. The van der Waals surface area contributed by atoms with Gasteiger partial charge in [-0.1, -0.05) is 12.1 Å². The summed E-state index contributed by atoms with van der Waals surface area (Å²) in [6.45, 7) is 1.99. The summed E-state index contributed by atoms with van der Waals surface area (Å²) in [5.41, 5.74) is 1.78. The minimum absolute atomic E-state index is 0.0651. The van der Waals surface area contributed by atoms with Crippen LogP contribution in [0.4, 0.5) is 5.69 Å². The molecular formula is C13H18N2O2S. The maximum absolute atomic E-state index is 11.4. The summed E-state index contributed by atoms with van der Waals surface area (Å²) in [5.74, 6) is 0.816. The average Bonchev–Trinajstić information content (AvgIpc) is 2.35. The normalized spacial score (nSPS) is 9.89. The molecule has 0 bridgehead atoms.